The Morgan fingerprint density at radius 3 is 2.35 bits per heavy atom. The van der Waals surface area contributed by atoms with Crippen molar-refractivity contribution in [2.24, 2.45) is 29.6 Å². The molecule has 3 heteroatoms. The van der Waals surface area contributed by atoms with Crippen LogP contribution in [0, 0.1) is 35.5 Å². The summed E-state index contributed by atoms with van der Waals surface area (Å²) < 4.78 is 12.8. The van der Waals surface area contributed by atoms with Crippen molar-refractivity contribution in [3.8, 4) is 0 Å². The second-order valence-corrected chi connectivity index (χ2v) is 7.18. The molecular formula is C17H23FN2. The fourth-order valence-corrected chi connectivity index (χ4v) is 5.37. The summed E-state index contributed by atoms with van der Waals surface area (Å²) in [5.74, 6) is 4.64. The van der Waals surface area contributed by atoms with Crippen LogP contribution in [0.3, 0.4) is 0 Å². The predicted octanol–water partition coefficient (Wildman–Crippen LogP) is 4.10. The monoisotopic (exact) mass is 274 g/mol. The fourth-order valence-electron chi connectivity index (χ4n) is 5.37. The van der Waals surface area contributed by atoms with E-state index >= 15 is 0 Å². The maximum atomic E-state index is 12.8. The number of nitrogens with zero attached hydrogens (tertiary/aromatic N) is 1. The summed E-state index contributed by atoms with van der Waals surface area (Å²) >= 11 is 0. The Labute approximate surface area is 120 Å². The second kappa shape index (κ2) is 5.01. The van der Waals surface area contributed by atoms with Gasteiger partial charge in [0.05, 0.1) is 11.9 Å². The molecule has 108 valence electrons. The lowest BCUT2D eigenvalue weighted by atomic mass is 9.51. The van der Waals surface area contributed by atoms with Gasteiger partial charge in [-0.05, 0) is 80.2 Å². The van der Waals surface area contributed by atoms with Crippen LogP contribution in [-0.2, 0) is 0 Å². The molecule has 0 amide bonds. The molecule has 1 heterocycles. The van der Waals surface area contributed by atoms with Gasteiger partial charge >= 0.3 is 0 Å². The molecule has 5 rings (SSSR count). The lowest BCUT2D eigenvalue weighted by Gasteiger charge is -2.54. The van der Waals surface area contributed by atoms with Crippen molar-refractivity contribution in [3.05, 3.63) is 24.3 Å². The normalized spacial score (nSPS) is 38.1. The van der Waals surface area contributed by atoms with Crippen LogP contribution in [0.1, 0.15) is 38.5 Å². The summed E-state index contributed by atoms with van der Waals surface area (Å²) in [6, 6.07) is 3.20. The summed E-state index contributed by atoms with van der Waals surface area (Å²) in [7, 11) is 0. The highest BCUT2D eigenvalue weighted by Gasteiger charge is 2.47. The second-order valence-electron chi connectivity index (χ2n) is 7.18. The third kappa shape index (κ3) is 2.32. The van der Waals surface area contributed by atoms with E-state index in [2.05, 4.69) is 10.3 Å². The molecule has 20 heavy (non-hydrogen) atoms. The Morgan fingerprint density at radius 2 is 1.75 bits per heavy atom. The van der Waals surface area contributed by atoms with Crippen LogP contribution in [0.2, 0.25) is 0 Å². The van der Waals surface area contributed by atoms with Crippen molar-refractivity contribution >= 4 is 5.69 Å². The third-order valence-corrected chi connectivity index (χ3v) is 5.96. The molecule has 1 N–H and O–H groups in total. The zero-order valence-corrected chi connectivity index (χ0v) is 11.9. The summed E-state index contributed by atoms with van der Waals surface area (Å²) in [5.41, 5.74) is 0.940. The third-order valence-electron chi connectivity index (χ3n) is 5.96. The molecule has 0 unspecified atom stereocenters. The summed E-state index contributed by atoms with van der Waals surface area (Å²) in [5, 5.41) is 3.40. The highest BCUT2D eigenvalue weighted by Crippen LogP contribution is 2.57. The highest BCUT2D eigenvalue weighted by atomic mass is 19.1. The molecule has 0 atom stereocenters. The minimum Gasteiger partial charge on any atom is -0.384 e. The van der Waals surface area contributed by atoms with E-state index in [0.29, 0.717) is 0 Å². The van der Waals surface area contributed by atoms with E-state index in [9.17, 15) is 4.39 Å². The molecule has 0 aliphatic heterocycles. The van der Waals surface area contributed by atoms with Crippen LogP contribution in [-0.4, -0.2) is 11.5 Å². The Morgan fingerprint density at radius 1 is 1.05 bits per heavy atom. The first-order chi connectivity index (χ1) is 9.78. The van der Waals surface area contributed by atoms with Gasteiger partial charge in [-0.15, -0.1) is 0 Å². The van der Waals surface area contributed by atoms with Crippen LogP contribution < -0.4 is 5.32 Å². The molecule has 4 aliphatic carbocycles. The Kier molecular flexibility index (Phi) is 3.16. The lowest BCUT2D eigenvalue weighted by molar-refractivity contribution is -0.0381. The smallest absolute Gasteiger partial charge is 0.212 e. The molecule has 4 bridgehead atoms. The Bertz CT molecular complexity index is 442. The molecule has 4 fully saturated rings. The van der Waals surface area contributed by atoms with Crippen molar-refractivity contribution in [2.75, 3.05) is 11.9 Å². The van der Waals surface area contributed by atoms with Crippen molar-refractivity contribution < 1.29 is 4.39 Å². The number of halogens is 1. The average Bonchev–Trinajstić information content (AvgIpc) is 2.43. The molecule has 1 aromatic rings. The molecule has 2 nitrogen and oxygen atoms in total. The van der Waals surface area contributed by atoms with Gasteiger partial charge in [0.15, 0.2) is 0 Å². The van der Waals surface area contributed by atoms with Crippen LogP contribution >= 0.6 is 0 Å². The highest BCUT2D eigenvalue weighted by molar-refractivity contribution is 5.39. The van der Waals surface area contributed by atoms with Gasteiger partial charge in [0.1, 0.15) is 0 Å². The molecule has 0 aromatic carbocycles. The standard InChI is InChI=1S/C17H23FN2/c18-17-2-1-15(10-20-17)19-4-3-16-13-6-11-5-12(8-13)9-14(16)7-11/h1-2,10-14,16,19H,3-9H2. The zero-order valence-electron chi connectivity index (χ0n) is 11.9. The molecule has 1 aromatic heterocycles. The van der Waals surface area contributed by atoms with Gasteiger partial charge in [0.25, 0.3) is 0 Å². The van der Waals surface area contributed by atoms with Gasteiger partial charge in [0.2, 0.25) is 5.95 Å². The predicted molar refractivity (Wildman–Crippen MR) is 77.8 cm³/mol. The van der Waals surface area contributed by atoms with E-state index in [1.54, 1.807) is 12.3 Å². The number of hydrogen-bond acceptors (Lipinski definition) is 2. The van der Waals surface area contributed by atoms with Crippen LogP contribution in [0.5, 0.6) is 0 Å². The van der Waals surface area contributed by atoms with Gasteiger partial charge in [0, 0.05) is 6.54 Å². The van der Waals surface area contributed by atoms with Gasteiger partial charge in [-0.25, -0.2) is 4.98 Å². The molecule has 0 spiro atoms. The zero-order chi connectivity index (χ0) is 13.5. The minimum absolute atomic E-state index is 0.406. The van der Waals surface area contributed by atoms with E-state index < -0.39 is 5.95 Å². The summed E-state index contributed by atoms with van der Waals surface area (Å²) in [6.07, 6.45) is 10.4. The van der Waals surface area contributed by atoms with E-state index in [0.717, 1.165) is 41.8 Å². The van der Waals surface area contributed by atoms with Crippen molar-refractivity contribution in [3.63, 3.8) is 0 Å². The largest absolute Gasteiger partial charge is 0.384 e. The molecule has 0 saturated heterocycles. The number of pyridine rings is 1. The number of hydrogen-bond donors (Lipinski definition) is 1. The van der Waals surface area contributed by atoms with Crippen molar-refractivity contribution in [1.29, 1.82) is 0 Å². The van der Waals surface area contributed by atoms with E-state index in [-0.39, 0.29) is 0 Å². The first kappa shape index (κ1) is 12.6. The molecule has 4 saturated carbocycles. The van der Waals surface area contributed by atoms with Gasteiger partial charge in [-0.1, -0.05) is 0 Å². The van der Waals surface area contributed by atoms with E-state index in [1.807, 2.05) is 0 Å². The van der Waals surface area contributed by atoms with E-state index in [1.165, 1.54) is 44.6 Å². The SMILES string of the molecule is Fc1ccc(NCCC2C3CC4CC(C3)CC2C4)cn1. The van der Waals surface area contributed by atoms with Gasteiger partial charge < -0.3 is 5.32 Å². The first-order valence-corrected chi connectivity index (χ1v) is 8.13. The van der Waals surface area contributed by atoms with Gasteiger partial charge in [-0.3, -0.25) is 0 Å². The first-order valence-electron chi connectivity index (χ1n) is 8.13. The van der Waals surface area contributed by atoms with Crippen molar-refractivity contribution in [1.82, 2.24) is 4.98 Å². The van der Waals surface area contributed by atoms with Crippen molar-refractivity contribution in [2.45, 2.75) is 38.5 Å². The Hall–Kier alpha value is -1.12. The van der Waals surface area contributed by atoms with Crippen LogP contribution in [0.25, 0.3) is 0 Å². The number of rotatable bonds is 4. The summed E-state index contributed by atoms with van der Waals surface area (Å²) in [4.78, 5) is 3.69. The number of nitrogens with one attached hydrogen (secondary N) is 1. The number of anilines is 1. The Balaban J connectivity index is 1.32. The fraction of sp³-hybridized carbons (Fsp3) is 0.706. The molecule has 4 aliphatic rings. The minimum atomic E-state index is -0.406. The van der Waals surface area contributed by atoms with Gasteiger partial charge in [-0.2, -0.15) is 4.39 Å². The topological polar surface area (TPSA) is 24.9 Å². The van der Waals surface area contributed by atoms with Crippen LogP contribution in [0.15, 0.2) is 18.3 Å². The summed E-state index contributed by atoms with van der Waals surface area (Å²) in [6.45, 7) is 1.00. The van der Waals surface area contributed by atoms with Crippen LogP contribution in [0.4, 0.5) is 10.1 Å². The number of aromatic nitrogens is 1. The average molecular weight is 274 g/mol. The quantitative estimate of drug-likeness (QED) is 0.836. The maximum absolute atomic E-state index is 12.8. The molecular weight excluding hydrogens is 251 g/mol. The lowest BCUT2D eigenvalue weighted by Crippen LogP contribution is -2.45. The maximum Gasteiger partial charge on any atom is 0.212 e. The van der Waals surface area contributed by atoms with E-state index in [4.69, 9.17) is 0 Å². The molecule has 0 radical (unpaired) electrons.